The first-order valence-electron chi connectivity index (χ1n) is 7.24. The van der Waals surface area contributed by atoms with Crippen molar-refractivity contribution in [2.75, 3.05) is 13.1 Å². The number of aromatic nitrogens is 2. The zero-order valence-electron chi connectivity index (χ0n) is 12.3. The third kappa shape index (κ3) is 2.91. The highest BCUT2D eigenvalue weighted by Crippen LogP contribution is 2.28. The van der Waals surface area contributed by atoms with E-state index < -0.39 is 15.8 Å². The van der Waals surface area contributed by atoms with Gasteiger partial charge in [0.15, 0.2) is 0 Å². The second-order valence-electron chi connectivity index (χ2n) is 5.61. The van der Waals surface area contributed by atoms with Crippen LogP contribution < -0.4 is 0 Å². The molecule has 0 unspecified atom stereocenters. The third-order valence-electron chi connectivity index (χ3n) is 3.94. The molecule has 1 aliphatic heterocycles. The highest BCUT2D eigenvalue weighted by atomic mass is 32.2. The second-order valence-corrected chi connectivity index (χ2v) is 7.55. The first-order chi connectivity index (χ1) is 10.5. The predicted octanol–water partition coefficient (Wildman–Crippen LogP) is 2.43. The lowest BCUT2D eigenvalue weighted by Crippen LogP contribution is -2.39. The number of halogens is 1. The Morgan fingerprint density at radius 2 is 2.05 bits per heavy atom. The second kappa shape index (κ2) is 5.81. The largest absolute Gasteiger partial charge is 0.346 e. The van der Waals surface area contributed by atoms with Crippen LogP contribution in [0.3, 0.4) is 0 Å². The topological polar surface area (TPSA) is 66.1 Å². The van der Waals surface area contributed by atoms with Crippen molar-refractivity contribution in [1.29, 1.82) is 0 Å². The first-order valence-corrected chi connectivity index (χ1v) is 8.68. The Morgan fingerprint density at radius 1 is 1.32 bits per heavy atom. The molecule has 1 aromatic carbocycles. The van der Waals surface area contributed by atoms with Gasteiger partial charge in [-0.3, -0.25) is 0 Å². The van der Waals surface area contributed by atoms with Crippen LogP contribution in [0.1, 0.15) is 30.3 Å². The Balaban J connectivity index is 1.83. The van der Waals surface area contributed by atoms with E-state index in [9.17, 15) is 12.8 Å². The predicted molar refractivity (Wildman–Crippen MR) is 80.5 cm³/mol. The van der Waals surface area contributed by atoms with Gasteiger partial charge in [-0.05, 0) is 44.0 Å². The molecule has 0 spiro atoms. The van der Waals surface area contributed by atoms with E-state index in [1.165, 1.54) is 28.6 Å². The van der Waals surface area contributed by atoms with E-state index in [-0.39, 0.29) is 10.8 Å². The van der Waals surface area contributed by atoms with Crippen molar-refractivity contribution in [3.63, 3.8) is 0 Å². The standard InChI is InChI=1S/C15H18FN3O2S/c1-11-9-17-15(18-11)12-3-2-8-19(10-12)22(20,21)14-6-4-13(16)5-7-14/h4-7,9,12H,2-3,8,10H2,1H3,(H,17,18)/t12-/m1/s1. The summed E-state index contributed by atoms with van der Waals surface area (Å²) in [4.78, 5) is 7.63. The molecule has 1 N–H and O–H groups in total. The Hall–Kier alpha value is -1.73. The lowest BCUT2D eigenvalue weighted by molar-refractivity contribution is 0.310. The fourth-order valence-corrected chi connectivity index (χ4v) is 4.30. The van der Waals surface area contributed by atoms with Crippen LogP contribution in [0, 0.1) is 12.7 Å². The van der Waals surface area contributed by atoms with Crippen LogP contribution in [0.4, 0.5) is 4.39 Å². The summed E-state index contributed by atoms with van der Waals surface area (Å²) in [6.07, 6.45) is 3.44. The molecule has 2 heterocycles. The number of aryl methyl sites for hydroxylation is 1. The van der Waals surface area contributed by atoms with Crippen LogP contribution in [0.5, 0.6) is 0 Å². The van der Waals surface area contributed by atoms with E-state index in [1.807, 2.05) is 6.92 Å². The third-order valence-corrected chi connectivity index (χ3v) is 5.82. The van der Waals surface area contributed by atoms with Gasteiger partial charge in [0, 0.05) is 30.9 Å². The van der Waals surface area contributed by atoms with Crippen molar-refractivity contribution in [2.24, 2.45) is 0 Å². The summed E-state index contributed by atoms with van der Waals surface area (Å²) >= 11 is 0. The van der Waals surface area contributed by atoms with Crippen LogP contribution in [0.25, 0.3) is 0 Å². The maximum Gasteiger partial charge on any atom is 0.243 e. The summed E-state index contributed by atoms with van der Waals surface area (Å²) in [6.45, 7) is 2.80. The molecule has 2 aromatic rings. The van der Waals surface area contributed by atoms with Crippen molar-refractivity contribution >= 4 is 10.0 Å². The quantitative estimate of drug-likeness (QED) is 0.943. The Bertz CT molecular complexity index is 755. The van der Waals surface area contributed by atoms with Gasteiger partial charge in [0.2, 0.25) is 10.0 Å². The van der Waals surface area contributed by atoms with Crippen LogP contribution in [0.15, 0.2) is 35.4 Å². The molecular weight excluding hydrogens is 305 g/mol. The summed E-state index contributed by atoms with van der Waals surface area (Å²) in [5, 5.41) is 0. The van der Waals surface area contributed by atoms with Crippen molar-refractivity contribution < 1.29 is 12.8 Å². The summed E-state index contributed by atoms with van der Waals surface area (Å²) in [7, 11) is -3.59. The van der Waals surface area contributed by atoms with Crippen molar-refractivity contribution in [1.82, 2.24) is 14.3 Å². The average molecular weight is 323 g/mol. The van der Waals surface area contributed by atoms with E-state index in [0.29, 0.717) is 13.1 Å². The van der Waals surface area contributed by atoms with Crippen LogP contribution in [-0.2, 0) is 10.0 Å². The van der Waals surface area contributed by atoms with E-state index in [2.05, 4.69) is 9.97 Å². The molecular formula is C15H18FN3O2S. The molecule has 0 aliphatic carbocycles. The number of nitrogens with one attached hydrogen (secondary N) is 1. The molecule has 1 aromatic heterocycles. The number of rotatable bonds is 3. The molecule has 0 radical (unpaired) electrons. The number of H-pyrrole nitrogens is 1. The molecule has 22 heavy (non-hydrogen) atoms. The number of nitrogens with zero attached hydrogens (tertiary/aromatic N) is 2. The Morgan fingerprint density at radius 3 is 2.68 bits per heavy atom. The lowest BCUT2D eigenvalue weighted by atomic mass is 9.99. The van der Waals surface area contributed by atoms with Crippen molar-refractivity contribution in [2.45, 2.75) is 30.6 Å². The minimum absolute atomic E-state index is 0.0673. The van der Waals surface area contributed by atoms with Gasteiger partial charge in [0.1, 0.15) is 11.6 Å². The van der Waals surface area contributed by atoms with E-state index in [0.717, 1.165) is 24.4 Å². The molecule has 7 heteroatoms. The molecule has 0 bridgehead atoms. The van der Waals surface area contributed by atoms with Crippen molar-refractivity contribution in [3.8, 4) is 0 Å². The summed E-state index contributed by atoms with van der Waals surface area (Å²) in [5.74, 6) is 0.454. The maximum atomic E-state index is 13.0. The van der Waals surface area contributed by atoms with Gasteiger partial charge in [0.25, 0.3) is 0 Å². The smallest absolute Gasteiger partial charge is 0.243 e. The minimum Gasteiger partial charge on any atom is -0.346 e. The van der Waals surface area contributed by atoms with Crippen LogP contribution in [-0.4, -0.2) is 35.8 Å². The summed E-state index contributed by atoms with van der Waals surface area (Å²) in [5.41, 5.74) is 0.966. The van der Waals surface area contributed by atoms with E-state index in [4.69, 9.17) is 0 Å². The molecule has 118 valence electrons. The SMILES string of the molecule is Cc1cnc([C@@H]2CCCN(S(=O)(=O)c3ccc(F)cc3)C2)[nH]1. The van der Waals surface area contributed by atoms with Crippen LogP contribution >= 0.6 is 0 Å². The fourth-order valence-electron chi connectivity index (χ4n) is 2.78. The molecule has 1 atom stereocenters. The average Bonchev–Trinajstić information content (AvgIpc) is 2.94. The number of aromatic amines is 1. The summed E-state index contributed by atoms with van der Waals surface area (Å²) in [6, 6.07) is 4.96. The first kappa shape index (κ1) is 15.2. The van der Waals surface area contributed by atoms with Crippen molar-refractivity contribution in [3.05, 3.63) is 47.8 Å². The monoisotopic (exact) mass is 323 g/mol. The zero-order valence-corrected chi connectivity index (χ0v) is 13.1. The van der Waals surface area contributed by atoms with Gasteiger partial charge in [-0.15, -0.1) is 0 Å². The number of hydrogen-bond donors (Lipinski definition) is 1. The minimum atomic E-state index is -3.59. The Labute approximate surface area is 129 Å². The fraction of sp³-hybridized carbons (Fsp3) is 0.400. The molecule has 3 rings (SSSR count). The van der Waals surface area contributed by atoms with E-state index >= 15 is 0 Å². The molecule has 1 saturated heterocycles. The number of benzene rings is 1. The van der Waals surface area contributed by atoms with Gasteiger partial charge in [-0.1, -0.05) is 0 Å². The van der Waals surface area contributed by atoms with Gasteiger partial charge >= 0.3 is 0 Å². The lowest BCUT2D eigenvalue weighted by Gasteiger charge is -2.31. The highest BCUT2D eigenvalue weighted by molar-refractivity contribution is 7.89. The van der Waals surface area contributed by atoms with Gasteiger partial charge in [0.05, 0.1) is 4.90 Å². The molecule has 5 nitrogen and oxygen atoms in total. The number of piperidine rings is 1. The molecule has 1 fully saturated rings. The Kier molecular flexibility index (Phi) is 4.01. The summed E-state index contributed by atoms with van der Waals surface area (Å²) < 4.78 is 39.8. The normalized spacial score (nSPS) is 20.2. The molecule has 0 amide bonds. The number of sulfonamides is 1. The highest BCUT2D eigenvalue weighted by Gasteiger charge is 2.31. The number of hydrogen-bond acceptors (Lipinski definition) is 3. The number of imidazole rings is 1. The van der Waals surface area contributed by atoms with E-state index in [1.54, 1.807) is 6.20 Å². The van der Waals surface area contributed by atoms with Crippen LogP contribution in [0.2, 0.25) is 0 Å². The van der Waals surface area contributed by atoms with Gasteiger partial charge in [-0.25, -0.2) is 17.8 Å². The maximum absolute atomic E-state index is 13.0. The molecule has 1 aliphatic rings. The molecule has 0 saturated carbocycles. The van der Waals surface area contributed by atoms with Gasteiger partial charge in [-0.2, -0.15) is 4.31 Å². The zero-order chi connectivity index (χ0) is 15.7. The van der Waals surface area contributed by atoms with Gasteiger partial charge < -0.3 is 4.98 Å².